The lowest BCUT2D eigenvalue weighted by Gasteiger charge is -2.33. The summed E-state index contributed by atoms with van der Waals surface area (Å²) in [7, 11) is -4.07. The van der Waals surface area contributed by atoms with Gasteiger partial charge in [-0.3, -0.25) is 13.9 Å². The van der Waals surface area contributed by atoms with Crippen molar-refractivity contribution in [2.24, 2.45) is 5.92 Å². The molecule has 7 nitrogen and oxygen atoms in total. The smallest absolute Gasteiger partial charge is 0.264 e. The number of rotatable bonds is 12. The van der Waals surface area contributed by atoms with E-state index >= 15 is 0 Å². The molecule has 1 atom stereocenters. The maximum Gasteiger partial charge on any atom is 0.264 e. The first-order chi connectivity index (χ1) is 18.5. The fourth-order valence-corrected chi connectivity index (χ4v) is 5.61. The Labute approximate surface area is 232 Å². The fourth-order valence-electron chi connectivity index (χ4n) is 4.20. The van der Waals surface area contributed by atoms with E-state index in [9.17, 15) is 18.0 Å². The van der Waals surface area contributed by atoms with Crippen molar-refractivity contribution in [2.45, 2.75) is 58.5 Å². The van der Waals surface area contributed by atoms with Crippen LogP contribution in [0.15, 0.2) is 83.8 Å². The number of nitrogens with zero attached hydrogens (tertiary/aromatic N) is 2. The Kier molecular flexibility index (Phi) is 10.3. The summed E-state index contributed by atoms with van der Waals surface area (Å²) in [5.74, 6) is -0.457. The molecule has 0 aliphatic rings. The number of hydrogen-bond donors (Lipinski definition) is 1. The van der Waals surface area contributed by atoms with E-state index in [2.05, 4.69) is 5.32 Å². The molecule has 0 aliphatic carbocycles. The zero-order valence-corrected chi connectivity index (χ0v) is 24.2. The number of carbonyl (C=O) groups is 2. The van der Waals surface area contributed by atoms with Crippen LogP contribution >= 0.6 is 0 Å². The standard InChI is InChI=1S/C31H39N3O4S/c1-6-29(31(36)32-20-23(2)3)33(21-26-10-8-7-9-11-26)30(35)22-34(27-16-12-24(4)13-17-27)39(37,38)28-18-14-25(5)15-19-28/h7-19,23,29H,6,20-22H2,1-5H3,(H,32,36). The van der Waals surface area contributed by atoms with Gasteiger partial charge in [0.1, 0.15) is 12.6 Å². The summed E-state index contributed by atoms with van der Waals surface area (Å²) < 4.78 is 28.9. The van der Waals surface area contributed by atoms with Gasteiger partial charge in [-0.05, 0) is 56.0 Å². The van der Waals surface area contributed by atoms with Crippen molar-refractivity contribution in [3.63, 3.8) is 0 Å². The molecule has 0 heterocycles. The van der Waals surface area contributed by atoms with Crippen molar-refractivity contribution in [2.75, 3.05) is 17.4 Å². The molecule has 1 N–H and O–H groups in total. The van der Waals surface area contributed by atoms with Gasteiger partial charge in [0, 0.05) is 13.1 Å². The molecule has 0 spiro atoms. The minimum Gasteiger partial charge on any atom is -0.354 e. The molecule has 0 saturated heterocycles. The largest absolute Gasteiger partial charge is 0.354 e. The van der Waals surface area contributed by atoms with E-state index in [1.165, 1.54) is 4.90 Å². The lowest BCUT2D eigenvalue weighted by Crippen LogP contribution is -2.52. The molecule has 0 saturated carbocycles. The van der Waals surface area contributed by atoms with Crippen LogP contribution < -0.4 is 9.62 Å². The summed E-state index contributed by atoms with van der Waals surface area (Å²) in [6.45, 7) is 9.88. The summed E-state index contributed by atoms with van der Waals surface area (Å²) >= 11 is 0. The normalized spacial score (nSPS) is 12.2. The molecule has 0 fully saturated rings. The van der Waals surface area contributed by atoms with Crippen molar-refractivity contribution < 1.29 is 18.0 Å². The average molecular weight is 550 g/mol. The third kappa shape index (κ3) is 7.93. The van der Waals surface area contributed by atoms with Crippen LogP contribution in [0.4, 0.5) is 5.69 Å². The van der Waals surface area contributed by atoms with Crippen molar-refractivity contribution in [1.29, 1.82) is 0 Å². The molecule has 3 rings (SSSR count). The van der Waals surface area contributed by atoms with Gasteiger partial charge in [-0.1, -0.05) is 86.5 Å². The monoisotopic (exact) mass is 549 g/mol. The highest BCUT2D eigenvalue weighted by Crippen LogP contribution is 2.25. The van der Waals surface area contributed by atoms with Crippen LogP contribution in [0.1, 0.15) is 43.9 Å². The predicted octanol–water partition coefficient (Wildman–Crippen LogP) is 5.08. The number of anilines is 1. The lowest BCUT2D eigenvalue weighted by atomic mass is 10.1. The van der Waals surface area contributed by atoms with E-state index in [1.54, 1.807) is 36.4 Å². The maximum absolute atomic E-state index is 14.0. The number of carbonyl (C=O) groups excluding carboxylic acids is 2. The molecular formula is C31H39N3O4S. The third-order valence-electron chi connectivity index (χ3n) is 6.48. The van der Waals surface area contributed by atoms with Gasteiger partial charge in [0.05, 0.1) is 10.6 Å². The van der Waals surface area contributed by atoms with Crippen molar-refractivity contribution in [3.05, 3.63) is 95.6 Å². The fraction of sp³-hybridized carbons (Fsp3) is 0.355. The predicted molar refractivity (Wildman–Crippen MR) is 156 cm³/mol. The molecule has 0 bridgehead atoms. The van der Waals surface area contributed by atoms with E-state index in [0.717, 1.165) is 21.0 Å². The summed E-state index contributed by atoms with van der Waals surface area (Å²) in [4.78, 5) is 28.8. The second kappa shape index (κ2) is 13.4. The number of hydrogen-bond acceptors (Lipinski definition) is 4. The first-order valence-corrected chi connectivity index (χ1v) is 14.7. The molecule has 0 aliphatic heterocycles. The zero-order valence-electron chi connectivity index (χ0n) is 23.4. The van der Waals surface area contributed by atoms with Gasteiger partial charge >= 0.3 is 0 Å². The van der Waals surface area contributed by atoms with Crippen molar-refractivity contribution in [1.82, 2.24) is 10.2 Å². The van der Waals surface area contributed by atoms with Gasteiger partial charge < -0.3 is 10.2 Å². The molecule has 8 heteroatoms. The number of amides is 2. The maximum atomic E-state index is 14.0. The quantitative estimate of drug-likeness (QED) is 0.341. The van der Waals surface area contributed by atoms with Crippen molar-refractivity contribution >= 4 is 27.5 Å². The van der Waals surface area contributed by atoms with Crippen LogP contribution in [0.25, 0.3) is 0 Å². The second-order valence-corrected chi connectivity index (χ2v) is 12.1. The molecule has 3 aromatic carbocycles. The van der Waals surface area contributed by atoms with Crippen LogP contribution in [0.2, 0.25) is 0 Å². The Balaban J connectivity index is 2.02. The van der Waals surface area contributed by atoms with Crippen LogP contribution in [0, 0.1) is 19.8 Å². The van der Waals surface area contributed by atoms with Gasteiger partial charge in [0.15, 0.2) is 0 Å². The summed E-state index contributed by atoms with van der Waals surface area (Å²) in [5.41, 5.74) is 3.13. The van der Waals surface area contributed by atoms with E-state index in [-0.39, 0.29) is 23.3 Å². The number of benzene rings is 3. The van der Waals surface area contributed by atoms with E-state index < -0.39 is 28.5 Å². The first kappa shape index (κ1) is 29.9. The minimum absolute atomic E-state index is 0.0952. The highest BCUT2D eigenvalue weighted by Gasteiger charge is 2.33. The summed E-state index contributed by atoms with van der Waals surface area (Å²) in [6.07, 6.45) is 0.387. The van der Waals surface area contributed by atoms with E-state index in [4.69, 9.17) is 0 Å². The van der Waals surface area contributed by atoms with E-state index in [1.807, 2.05) is 77.1 Å². The van der Waals surface area contributed by atoms with Crippen LogP contribution in [-0.4, -0.2) is 44.3 Å². The lowest BCUT2D eigenvalue weighted by molar-refractivity contribution is -0.140. The van der Waals surface area contributed by atoms with Gasteiger partial charge in [-0.15, -0.1) is 0 Å². The number of aryl methyl sites for hydroxylation is 2. The molecule has 39 heavy (non-hydrogen) atoms. The number of sulfonamides is 1. The van der Waals surface area contributed by atoms with Crippen molar-refractivity contribution in [3.8, 4) is 0 Å². The second-order valence-electron chi connectivity index (χ2n) is 10.2. The summed E-state index contributed by atoms with van der Waals surface area (Å²) in [5, 5.41) is 2.94. The van der Waals surface area contributed by atoms with Gasteiger partial charge in [0.25, 0.3) is 10.0 Å². The highest BCUT2D eigenvalue weighted by atomic mass is 32.2. The van der Waals surface area contributed by atoms with Gasteiger partial charge in [-0.25, -0.2) is 8.42 Å². The zero-order chi connectivity index (χ0) is 28.6. The third-order valence-corrected chi connectivity index (χ3v) is 8.26. The van der Waals surface area contributed by atoms with Crippen LogP contribution in [-0.2, 0) is 26.2 Å². The minimum atomic E-state index is -4.07. The van der Waals surface area contributed by atoms with E-state index in [0.29, 0.717) is 18.7 Å². The molecule has 2 amide bonds. The molecular weight excluding hydrogens is 510 g/mol. The Morgan fingerprint density at radius 2 is 1.41 bits per heavy atom. The Morgan fingerprint density at radius 3 is 1.95 bits per heavy atom. The van der Waals surface area contributed by atoms with Crippen LogP contribution in [0.3, 0.4) is 0 Å². The Bertz CT molecular complexity index is 1340. The summed E-state index contributed by atoms with van der Waals surface area (Å²) in [6, 6.07) is 22.2. The highest BCUT2D eigenvalue weighted by molar-refractivity contribution is 7.92. The topological polar surface area (TPSA) is 86.8 Å². The van der Waals surface area contributed by atoms with Gasteiger partial charge in [-0.2, -0.15) is 0 Å². The number of nitrogens with one attached hydrogen (secondary N) is 1. The van der Waals surface area contributed by atoms with Crippen LogP contribution in [0.5, 0.6) is 0 Å². The molecule has 1 unspecified atom stereocenters. The Morgan fingerprint density at radius 1 is 0.846 bits per heavy atom. The SMILES string of the molecule is CCC(C(=O)NCC(C)C)N(Cc1ccccc1)C(=O)CN(c1ccc(C)cc1)S(=O)(=O)c1ccc(C)cc1. The molecule has 0 aromatic heterocycles. The first-order valence-electron chi connectivity index (χ1n) is 13.3. The Hall–Kier alpha value is -3.65. The molecule has 208 valence electrons. The molecule has 0 radical (unpaired) electrons. The average Bonchev–Trinajstić information content (AvgIpc) is 2.91. The molecule has 3 aromatic rings. The van der Waals surface area contributed by atoms with Gasteiger partial charge in [0.2, 0.25) is 11.8 Å².